The number of likely N-dealkylation sites (tertiary alicyclic amines) is 1. The zero-order valence-electron chi connectivity index (χ0n) is 15.4. The summed E-state index contributed by atoms with van der Waals surface area (Å²) in [5.41, 5.74) is 3.41. The molecule has 3 heterocycles. The summed E-state index contributed by atoms with van der Waals surface area (Å²) in [6.45, 7) is 5.30. The Morgan fingerprint density at radius 3 is 2.80 bits per heavy atom. The van der Waals surface area contributed by atoms with Crippen molar-refractivity contribution in [2.75, 3.05) is 20.6 Å². The molecule has 0 N–H and O–H groups in total. The number of pyridine rings is 1. The van der Waals surface area contributed by atoms with Crippen molar-refractivity contribution < 1.29 is 4.79 Å². The fourth-order valence-electron chi connectivity index (χ4n) is 3.37. The Labute approximate surface area is 148 Å². The normalized spacial score (nSPS) is 17.3. The molecule has 132 valence electrons. The molecule has 0 spiro atoms. The Morgan fingerprint density at radius 1 is 1.28 bits per heavy atom. The van der Waals surface area contributed by atoms with Crippen molar-refractivity contribution in [3.63, 3.8) is 0 Å². The van der Waals surface area contributed by atoms with Gasteiger partial charge in [-0.15, -0.1) is 0 Å². The molecule has 1 saturated heterocycles. The highest BCUT2D eigenvalue weighted by atomic mass is 16.2. The van der Waals surface area contributed by atoms with Gasteiger partial charge in [0.2, 0.25) is 0 Å². The first kappa shape index (κ1) is 17.5. The summed E-state index contributed by atoms with van der Waals surface area (Å²) in [6.07, 6.45) is 3.80. The largest absolute Gasteiger partial charge is 0.329 e. The van der Waals surface area contributed by atoms with Crippen LogP contribution >= 0.6 is 0 Å². The summed E-state index contributed by atoms with van der Waals surface area (Å²) in [5.74, 6) is 0.726. The van der Waals surface area contributed by atoms with E-state index < -0.39 is 0 Å². The second-order valence-corrected chi connectivity index (χ2v) is 6.89. The number of amides is 1. The Morgan fingerprint density at radius 2 is 2.08 bits per heavy atom. The van der Waals surface area contributed by atoms with Gasteiger partial charge in [0.15, 0.2) is 0 Å². The molecule has 3 rings (SSSR count). The molecule has 1 amide bonds. The summed E-state index contributed by atoms with van der Waals surface area (Å²) in [4.78, 5) is 30.5. The van der Waals surface area contributed by atoms with Gasteiger partial charge in [-0.3, -0.25) is 4.79 Å². The van der Waals surface area contributed by atoms with Crippen LogP contribution in [0.2, 0.25) is 0 Å². The minimum absolute atomic E-state index is 0.00791. The van der Waals surface area contributed by atoms with Crippen molar-refractivity contribution in [3.05, 3.63) is 52.9 Å². The zero-order valence-corrected chi connectivity index (χ0v) is 15.4. The highest BCUT2D eigenvalue weighted by Gasteiger charge is 2.33. The quantitative estimate of drug-likeness (QED) is 0.856. The molecule has 0 aromatic carbocycles. The molecule has 25 heavy (non-hydrogen) atoms. The minimum Gasteiger partial charge on any atom is -0.329 e. The number of hydrogen-bond acceptors (Lipinski definition) is 5. The molecular formula is C19H25N5O. The lowest BCUT2D eigenvalue weighted by Gasteiger charge is -2.26. The van der Waals surface area contributed by atoms with Gasteiger partial charge in [-0.1, -0.05) is 6.07 Å². The Balaban J connectivity index is 1.94. The highest BCUT2D eigenvalue weighted by Crippen LogP contribution is 2.34. The molecule has 1 atom stereocenters. The standard InChI is InChI=1S/C19H25N5O/c1-13-7-5-8-16(21-13)19(25)24-10-6-9-17(24)18-15(12-23(3)4)11-20-14(2)22-18/h5,7-8,11,17H,6,9-10,12H2,1-4H3. The highest BCUT2D eigenvalue weighted by molar-refractivity contribution is 5.92. The molecule has 2 aromatic rings. The first-order valence-electron chi connectivity index (χ1n) is 8.67. The van der Waals surface area contributed by atoms with Gasteiger partial charge in [0.1, 0.15) is 11.5 Å². The van der Waals surface area contributed by atoms with Gasteiger partial charge in [0.25, 0.3) is 5.91 Å². The van der Waals surface area contributed by atoms with E-state index in [1.807, 2.05) is 51.2 Å². The summed E-state index contributed by atoms with van der Waals surface area (Å²) in [6, 6.07) is 5.57. The van der Waals surface area contributed by atoms with Crippen molar-refractivity contribution in [1.82, 2.24) is 24.8 Å². The van der Waals surface area contributed by atoms with E-state index in [-0.39, 0.29) is 11.9 Å². The lowest BCUT2D eigenvalue weighted by molar-refractivity contribution is 0.0725. The van der Waals surface area contributed by atoms with E-state index >= 15 is 0 Å². The Hall–Kier alpha value is -2.34. The van der Waals surface area contributed by atoms with E-state index in [9.17, 15) is 4.79 Å². The molecule has 1 aliphatic rings. The van der Waals surface area contributed by atoms with Crippen LogP contribution in [0.25, 0.3) is 0 Å². The maximum atomic E-state index is 13.0. The van der Waals surface area contributed by atoms with Crippen LogP contribution in [0, 0.1) is 13.8 Å². The van der Waals surface area contributed by atoms with E-state index in [0.29, 0.717) is 5.69 Å². The second kappa shape index (κ2) is 7.27. The van der Waals surface area contributed by atoms with Crippen LogP contribution in [0.1, 0.15) is 52.1 Å². The van der Waals surface area contributed by atoms with Crippen molar-refractivity contribution >= 4 is 5.91 Å². The molecule has 1 fully saturated rings. The molecule has 0 radical (unpaired) electrons. The van der Waals surface area contributed by atoms with Crippen LogP contribution in [0.15, 0.2) is 24.4 Å². The number of carbonyl (C=O) groups excluding carboxylic acids is 1. The summed E-state index contributed by atoms with van der Waals surface area (Å²) < 4.78 is 0. The second-order valence-electron chi connectivity index (χ2n) is 6.89. The third kappa shape index (κ3) is 3.85. The molecule has 6 heteroatoms. The van der Waals surface area contributed by atoms with Crippen LogP contribution in [-0.4, -0.2) is 51.3 Å². The number of aromatic nitrogens is 3. The number of carbonyl (C=O) groups is 1. The summed E-state index contributed by atoms with van der Waals surface area (Å²) in [7, 11) is 4.05. The Bertz CT molecular complexity index is 774. The van der Waals surface area contributed by atoms with Crippen molar-refractivity contribution in [2.24, 2.45) is 0 Å². The topological polar surface area (TPSA) is 62.2 Å². The molecule has 0 aliphatic carbocycles. The lowest BCUT2D eigenvalue weighted by atomic mass is 10.1. The summed E-state index contributed by atoms with van der Waals surface area (Å²) in [5, 5.41) is 0. The predicted octanol–water partition coefficient (Wildman–Crippen LogP) is 2.53. The average Bonchev–Trinajstić information content (AvgIpc) is 3.05. The first-order chi connectivity index (χ1) is 12.0. The van der Waals surface area contributed by atoms with Crippen LogP contribution in [0.4, 0.5) is 0 Å². The van der Waals surface area contributed by atoms with Gasteiger partial charge in [-0.05, 0) is 52.9 Å². The maximum absolute atomic E-state index is 13.0. The van der Waals surface area contributed by atoms with Crippen LogP contribution in [0.3, 0.4) is 0 Å². The fraction of sp³-hybridized carbons (Fsp3) is 0.474. The van der Waals surface area contributed by atoms with E-state index in [4.69, 9.17) is 4.98 Å². The predicted molar refractivity (Wildman–Crippen MR) is 96.1 cm³/mol. The van der Waals surface area contributed by atoms with Gasteiger partial charge < -0.3 is 9.80 Å². The van der Waals surface area contributed by atoms with Crippen molar-refractivity contribution in [2.45, 2.75) is 39.3 Å². The number of nitrogens with zero attached hydrogens (tertiary/aromatic N) is 5. The molecule has 6 nitrogen and oxygen atoms in total. The van der Waals surface area contributed by atoms with Crippen molar-refractivity contribution in [3.8, 4) is 0 Å². The van der Waals surface area contributed by atoms with Crippen LogP contribution in [0.5, 0.6) is 0 Å². The molecule has 1 aliphatic heterocycles. The molecule has 1 unspecified atom stereocenters. The first-order valence-corrected chi connectivity index (χ1v) is 8.67. The van der Waals surface area contributed by atoms with Crippen molar-refractivity contribution in [1.29, 1.82) is 0 Å². The molecular weight excluding hydrogens is 314 g/mol. The third-order valence-electron chi connectivity index (χ3n) is 4.44. The van der Waals surface area contributed by atoms with Gasteiger partial charge in [0, 0.05) is 30.5 Å². The number of aryl methyl sites for hydroxylation is 2. The number of rotatable bonds is 4. The molecule has 0 saturated carbocycles. The Kier molecular flexibility index (Phi) is 5.08. The zero-order chi connectivity index (χ0) is 18.0. The van der Waals surface area contributed by atoms with E-state index in [1.165, 1.54) is 0 Å². The molecule has 2 aromatic heterocycles. The third-order valence-corrected chi connectivity index (χ3v) is 4.44. The minimum atomic E-state index is -0.0155. The van der Waals surface area contributed by atoms with Crippen LogP contribution < -0.4 is 0 Å². The lowest BCUT2D eigenvalue weighted by Crippen LogP contribution is -2.32. The van der Waals surface area contributed by atoms with Gasteiger partial charge in [0.05, 0.1) is 11.7 Å². The van der Waals surface area contributed by atoms with E-state index in [1.54, 1.807) is 6.07 Å². The molecule has 0 bridgehead atoms. The fourth-order valence-corrected chi connectivity index (χ4v) is 3.37. The van der Waals surface area contributed by atoms with E-state index in [0.717, 1.165) is 48.7 Å². The summed E-state index contributed by atoms with van der Waals surface area (Å²) >= 11 is 0. The SMILES string of the molecule is Cc1cccc(C(=O)N2CCCC2c2nc(C)ncc2CN(C)C)n1. The maximum Gasteiger partial charge on any atom is 0.273 e. The monoisotopic (exact) mass is 339 g/mol. The van der Waals surface area contributed by atoms with E-state index in [2.05, 4.69) is 14.9 Å². The van der Waals surface area contributed by atoms with Gasteiger partial charge >= 0.3 is 0 Å². The smallest absolute Gasteiger partial charge is 0.273 e. The number of hydrogen-bond donors (Lipinski definition) is 0. The van der Waals surface area contributed by atoms with Crippen LogP contribution in [-0.2, 0) is 6.54 Å². The van der Waals surface area contributed by atoms with Gasteiger partial charge in [-0.25, -0.2) is 15.0 Å². The van der Waals surface area contributed by atoms with Gasteiger partial charge in [-0.2, -0.15) is 0 Å². The average molecular weight is 339 g/mol.